The highest BCUT2D eigenvalue weighted by atomic mass is 35.5. The van der Waals surface area contributed by atoms with E-state index in [0.29, 0.717) is 21.3 Å². The smallest absolute Gasteiger partial charge is 0.191 e. The fourth-order valence-corrected chi connectivity index (χ4v) is 4.38. The number of nitrogens with zero attached hydrogens (tertiary/aromatic N) is 3. The first-order valence-corrected chi connectivity index (χ1v) is 8.96. The van der Waals surface area contributed by atoms with Gasteiger partial charge in [0.05, 0.1) is 15.6 Å². The molecule has 0 aliphatic heterocycles. The lowest BCUT2D eigenvalue weighted by atomic mass is 10.2. The summed E-state index contributed by atoms with van der Waals surface area (Å²) in [6, 6.07) is 3.59. The van der Waals surface area contributed by atoms with Crippen LogP contribution in [0.25, 0.3) is 10.1 Å². The van der Waals surface area contributed by atoms with Crippen molar-refractivity contribution in [3.63, 3.8) is 0 Å². The number of fused-ring (bicyclic) bond motifs is 1. The molecule has 3 rings (SSSR count). The monoisotopic (exact) mass is 370 g/mol. The number of aryl methyl sites for hydroxylation is 1. The molecule has 0 aliphatic carbocycles. The van der Waals surface area contributed by atoms with Gasteiger partial charge in [-0.3, -0.25) is 0 Å². The second-order valence-corrected chi connectivity index (χ2v) is 7.72. The predicted molar refractivity (Wildman–Crippen MR) is 95.1 cm³/mol. The van der Waals surface area contributed by atoms with Gasteiger partial charge in [0.2, 0.25) is 0 Å². The standard InChI is InChI=1S/C14H12Cl2N4S2/c1-6-5-21-12-8(6)3-9(18-13(12)16)7(2)22-14-19-10(15)4-11(17)20-14/h3-5,7H,1-2H3,(H2,17,19,20). The largest absolute Gasteiger partial charge is 0.384 e. The van der Waals surface area contributed by atoms with Crippen molar-refractivity contribution >= 4 is 62.2 Å². The lowest BCUT2D eigenvalue weighted by Gasteiger charge is -2.11. The van der Waals surface area contributed by atoms with Crippen LogP contribution in [0.5, 0.6) is 0 Å². The number of pyridine rings is 1. The third kappa shape index (κ3) is 3.15. The third-order valence-corrected chi connectivity index (χ3v) is 5.81. The molecule has 4 nitrogen and oxygen atoms in total. The molecule has 0 saturated heterocycles. The molecule has 0 bridgehead atoms. The first-order chi connectivity index (χ1) is 10.4. The van der Waals surface area contributed by atoms with Crippen LogP contribution in [0.2, 0.25) is 10.3 Å². The minimum absolute atomic E-state index is 0.0269. The van der Waals surface area contributed by atoms with Crippen molar-refractivity contribution in [2.75, 3.05) is 5.73 Å². The zero-order chi connectivity index (χ0) is 15.9. The molecular formula is C14H12Cl2N4S2. The summed E-state index contributed by atoms with van der Waals surface area (Å²) < 4.78 is 1.02. The first-order valence-electron chi connectivity index (χ1n) is 6.45. The van der Waals surface area contributed by atoms with Crippen molar-refractivity contribution in [1.82, 2.24) is 15.0 Å². The quantitative estimate of drug-likeness (QED) is 0.299. The molecule has 3 heterocycles. The SMILES string of the molecule is Cc1csc2c(Cl)nc(C(C)Sc3nc(N)cc(Cl)n3)cc12. The van der Waals surface area contributed by atoms with E-state index in [-0.39, 0.29) is 5.25 Å². The molecule has 114 valence electrons. The van der Waals surface area contributed by atoms with Gasteiger partial charge in [0, 0.05) is 11.5 Å². The Balaban J connectivity index is 1.94. The molecule has 0 saturated carbocycles. The Kier molecular flexibility index (Phi) is 4.45. The van der Waals surface area contributed by atoms with E-state index in [4.69, 9.17) is 28.9 Å². The second kappa shape index (κ2) is 6.20. The summed E-state index contributed by atoms with van der Waals surface area (Å²) >= 11 is 15.3. The van der Waals surface area contributed by atoms with Gasteiger partial charge in [-0.05, 0) is 30.9 Å². The Morgan fingerprint density at radius 1 is 1.23 bits per heavy atom. The number of anilines is 1. The third-order valence-electron chi connectivity index (χ3n) is 3.12. The van der Waals surface area contributed by atoms with Gasteiger partial charge < -0.3 is 5.73 Å². The number of halogens is 2. The average molecular weight is 371 g/mol. The molecule has 3 aromatic heterocycles. The summed E-state index contributed by atoms with van der Waals surface area (Å²) in [5, 5.41) is 4.64. The lowest BCUT2D eigenvalue weighted by Crippen LogP contribution is -1.98. The topological polar surface area (TPSA) is 64.7 Å². The molecule has 0 aliphatic rings. The highest BCUT2D eigenvalue weighted by molar-refractivity contribution is 7.99. The van der Waals surface area contributed by atoms with Crippen molar-refractivity contribution in [3.05, 3.63) is 39.1 Å². The summed E-state index contributed by atoms with van der Waals surface area (Å²) in [6.45, 7) is 4.09. The van der Waals surface area contributed by atoms with Gasteiger partial charge in [0.25, 0.3) is 0 Å². The molecule has 0 fully saturated rings. The molecule has 0 aromatic carbocycles. The van der Waals surface area contributed by atoms with E-state index < -0.39 is 0 Å². The predicted octanol–water partition coefficient (Wildman–Crippen LogP) is 5.14. The van der Waals surface area contributed by atoms with Gasteiger partial charge in [-0.15, -0.1) is 11.3 Å². The Bertz CT molecular complexity index is 830. The average Bonchev–Trinajstić information content (AvgIpc) is 2.80. The van der Waals surface area contributed by atoms with Crippen molar-refractivity contribution in [2.24, 2.45) is 0 Å². The molecule has 1 atom stereocenters. The van der Waals surface area contributed by atoms with E-state index >= 15 is 0 Å². The second-order valence-electron chi connectivity index (χ2n) is 4.79. The summed E-state index contributed by atoms with van der Waals surface area (Å²) in [5.74, 6) is 0.352. The summed E-state index contributed by atoms with van der Waals surface area (Å²) in [7, 11) is 0. The van der Waals surface area contributed by atoms with Crippen LogP contribution in [0.15, 0.2) is 22.7 Å². The molecule has 2 N–H and O–H groups in total. The van der Waals surface area contributed by atoms with Gasteiger partial charge in [-0.2, -0.15) is 0 Å². The number of hydrogen-bond acceptors (Lipinski definition) is 6. The molecule has 0 radical (unpaired) electrons. The number of rotatable bonds is 3. The normalized spacial score (nSPS) is 12.7. The van der Waals surface area contributed by atoms with E-state index in [0.717, 1.165) is 15.8 Å². The lowest BCUT2D eigenvalue weighted by molar-refractivity contribution is 0.947. The molecule has 8 heteroatoms. The number of nitrogen functional groups attached to an aromatic ring is 1. The van der Waals surface area contributed by atoms with Crippen LogP contribution in [-0.4, -0.2) is 15.0 Å². The zero-order valence-electron chi connectivity index (χ0n) is 11.8. The van der Waals surface area contributed by atoms with Crippen molar-refractivity contribution < 1.29 is 0 Å². The van der Waals surface area contributed by atoms with Gasteiger partial charge in [-0.1, -0.05) is 35.0 Å². The van der Waals surface area contributed by atoms with Crippen LogP contribution in [-0.2, 0) is 0 Å². The Morgan fingerprint density at radius 2 is 2.00 bits per heavy atom. The van der Waals surface area contributed by atoms with Gasteiger partial charge in [0.15, 0.2) is 5.16 Å². The van der Waals surface area contributed by atoms with Crippen LogP contribution >= 0.6 is 46.3 Å². The molecule has 22 heavy (non-hydrogen) atoms. The number of thioether (sulfide) groups is 1. The highest BCUT2D eigenvalue weighted by Gasteiger charge is 2.16. The number of aromatic nitrogens is 3. The number of hydrogen-bond donors (Lipinski definition) is 1. The van der Waals surface area contributed by atoms with Crippen molar-refractivity contribution in [2.45, 2.75) is 24.3 Å². The fourth-order valence-electron chi connectivity index (χ4n) is 2.03. The first kappa shape index (κ1) is 15.8. The van der Waals surface area contributed by atoms with Crippen LogP contribution in [0.4, 0.5) is 5.82 Å². The van der Waals surface area contributed by atoms with E-state index in [1.165, 1.54) is 23.4 Å². The summed E-state index contributed by atoms with van der Waals surface area (Å²) in [4.78, 5) is 12.8. The van der Waals surface area contributed by atoms with E-state index in [1.807, 2.05) is 6.92 Å². The molecule has 0 amide bonds. The van der Waals surface area contributed by atoms with E-state index in [1.54, 1.807) is 11.3 Å². The molecule has 1 unspecified atom stereocenters. The Morgan fingerprint density at radius 3 is 2.73 bits per heavy atom. The highest BCUT2D eigenvalue weighted by Crippen LogP contribution is 2.37. The molecule has 0 spiro atoms. The molecular weight excluding hydrogens is 359 g/mol. The van der Waals surface area contributed by atoms with Gasteiger partial charge in [-0.25, -0.2) is 15.0 Å². The van der Waals surface area contributed by atoms with Crippen LogP contribution in [0, 0.1) is 6.92 Å². The van der Waals surface area contributed by atoms with E-state index in [2.05, 4.69) is 33.3 Å². The Labute approximate surface area is 146 Å². The summed E-state index contributed by atoms with van der Waals surface area (Å²) in [5.41, 5.74) is 7.77. The van der Waals surface area contributed by atoms with Crippen molar-refractivity contribution in [3.8, 4) is 0 Å². The van der Waals surface area contributed by atoms with Crippen molar-refractivity contribution in [1.29, 1.82) is 0 Å². The zero-order valence-corrected chi connectivity index (χ0v) is 14.9. The maximum atomic E-state index is 6.29. The van der Waals surface area contributed by atoms with E-state index in [9.17, 15) is 0 Å². The maximum Gasteiger partial charge on any atom is 0.191 e. The fraction of sp³-hybridized carbons (Fsp3) is 0.214. The number of nitrogens with two attached hydrogens (primary N) is 1. The minimum atomic E-state index is 0.0269. The van der Waals surface area contributed by atoms with Crippen LogP contribution in [0.3, 0.4) is 0 Å². The number of thiophene rings is 1. The maximum absolute atomic E-state index is 6.29. The minimum Gasteiger partial charge on any atom is -0.384 e. The molecule has 3 aromatic rings. The van der Waals surface area contributed by atoms with Crippen LogP contribution < -0.4 is 5.73 Å². The Hall–Kier alpha value is -1.08. The summed E-state index contributed by atoms with van der Waals surface area (Å²) in [6.07, 6.45) is 0. The van der Waals surface area contributed by atoms with Crippen LogP contribution in [0.1, 0.15) is 23.4 Å². The van der Waals surface area contributed by atoms with Gasteiger partial charge >= 0.3 is 0 Å². The van der Waals surface area contributed by atoms with Gasteiger partial charge in [0.1, 0.15) is 16.1 Å².